The summed E-state index contributed by atoms with van der Waals surface area (Å²) in [5.74, 6) is -0.452. The summed E-state index contributed by atoms with van der Waals surface area (Å²) in [6.07, 6.45) is 3.52. The lowest BCUT2D eigenvalue weighted by Gasteiger charge is -1.91. The number of esters is 1. The highest BCUT2D eigenvalue weighted by atomic mass is 16.5. The molecule has 0 unspecified atom stereocenters. The first-order valence-electron chi connectivity index (χ1n) is 3.32. The topological polar surface area (TPSA) is 61.2 Å². The van der Waals surface area contributed by atoms with Crippen molar-refractivity contribution in [1.29, 1.82) is 0 Å². The summed E-state index contributed by atoms with van der Waals surface area (Å²) in [6, 6.07) is 0. The van der Waals surface area contributed by atoms with Crippen molar-refractivity contribution in [3.63, 3.8) is 0 Å². The summed E-state index contributed by atoms with van der Waals surface area (Å²) in [7, 11) is 1.29. The molecule has 0 aliphatic carbocycles. The summed E-state index contributed by atoms with van der Waals surface area (Å²) in [5, 5.41) is 3.76. The average Bonchev–Trinajstić information content (AvgIpc) is 2.52. The van der Waals surface area contributed by atoms with E-state index in [1.165, 1.54) is 24.2 Å². The van der Waals surface area contributed by atoms with Gasteiger partial charge in [-0.05, 0) is 0 Å². The predicted octanol–water partition coefficient (Wildman–Crippen LogP) is -0.131. The van der Waals surface area contributed by atoms with Gasteiger partial charge < -0.3 is 9.53 Å². The van der Waals surface area contributed by atoms with E-state index in [0.29, 0.717) is 11.8 Å². The number of hydrogen-bond acceptors (Lipinski definition) is 4. The fourth-order valence-electron chi connectivity index (χ4n) is 0.763. The Morgan fingerprint density at radius 2 is 2.58 bits per heavy atom. The molecule has 0 saturated carbocycles. The molecule has 0 radical (unpaired) electrons. The number of rotatable bonds is 3. The zero-order chi connectivity index (χ0) is 8.97. The summed E-state index contributed by atoms with van der Waals surface area (Å²) in [5.41, 5.74) is 0.347. The van der Waals surface area contributed by atoms with Crippen molar-refractivity contribution in [2.24, 2.45) is 0 Å². The highest BCUT2D eigenvalue weighted by Gasteiger charge is 2.06. The van der Waals surface area contributed by atoms with Crippen molar-refractivity contribution in [2.45, 2.75) is 6.54 Å². The molecule has 5 nitrogen and oxygen atoms in total. The Labute approximate surface area is 68.9 Å². The maximum Gasteiger partial charge on any atom is 0.341 e. The molecule has 1 rings (SSSR count). The number of hydrogen-bond donors (Lipinski definition) is 0. The largest absolute Gasteiger partial charge is 0.465 e. The molecule has 0 bridgehead atoms. The van der Waals surface area contributed by atoms with Crippen LogP contribution in [-0.4, -0.2) is 29.1 Å². The van der Waals surface area contributed by atoms with Crippen LogP contribution in [0.25, 0.3) is 0 Å². The standard InChI is InChI=1S/C7H8N2O3/c1-12-7(11)6-4-8-9(5-6)2-3-10/h3-5H,2H2,1H3. The Morgan fingerprint density at radius 1 is 1.83 bits per heavy atom. The zero-order valence-electron chi connectivity index (χ0n) is 6.56. The molecule has 0 aromatic carbocycles. The molecule has 0 saturated heterocycles. The highest BCUT2D eigenvalue weighted by molar-refractivity contribution is 5.88. The van der Waals surface area contributed by atoms with Gasteiger partial charge in [0.2, 0.25) is 0 Å². The third kappa shape index (κ3) is 1.69. The second-order valence-corrected chi connectivity index (χ2v) is 2.11. The van der Waals surface area contributed by atoms with Crippen LogP contribution in [0.1, 0.15) is 10.4 Å². The van der Waals surface area contributed by atoms with Crippen molar-refractivity contribution in [3.05, 3.63) is 18.0 Å². The maximum absolute atomic E-state index is 10.9. The Morgan fingerprint density at radius 3 is 3.17 bits per heavy atom. The van der Waals surface area contributed by atoms with Gasteiger partial charge in [-0.1, -0.05) is 0 Å². The molecular formula is C7H8N2O3. The van der Waals surface area contributed by atoms with Gasteiger partial charge in [-0.15, -0.1) is 0 Å². The minimum Gasteiger partial charge on any atom is -0.465 e. The molecule has 0 amide bonds. The van der Waals surface area contributed by atoms with Crippen molar-refractivity contribution < 1.29 is 14.3 Å². The van der Waals surface area contributed by atoms with E-state index in [9.17, 15) is 9.59 Å². The fraction of sp³-hybridized carbons (Fsp3) is 0.286. The SMILES string of the molecule is COC(=O)c1cnn(CC=O)c1. The number of nitrogens with zero attached hydrogens (tertiary/aromatic N) is 2. The van der Waals surface area contributed by atoms with Crippen LogP contribution in [0.3, 0.4) is 0 Å². The van der Waals surface area contributed by atoms with Gasteiger partial charge in [-0.2, -0.15) is 5.10 Å². The molecular weight excluding hydrogens is 160 g/mol. The number of aldehydes is 1. The van der Waals surface area contributed by atoms with Gasteiger partial charge >= 0.3 is 5.97 Å². The van der Waals surface area contributed by atoms with Crippen LogP contribution in [0.2, 0.25) is 0 Å². The molecule has 64 valence electrons. The van der Waals surface area contributed by atoms with Crippen LogP contribution in [0.5, 0.6) is 0 Å². The normalized spacial score (nSPS) is 9.42. The Bertz CT molecular complexity index is 293. The second kappa shape index (κ2) is 3.66. The lowest BCUT2D eigenvalue weighted by molar-refractivity contribution is -0.108. The third-order valence-electron chi connectivity index (χ3n) is 1.32. The quantitative estimate of drug-likeness (QED) is 0.466. The van der Waals surface area contributed by atoms with Gasteiger partial charge in [0.25, 0.3) is 0 Å². The minimum atomic E-state index is -0.452. The third-order valence-corrected chi connectivity index (χ3v) is 1.32. The van der Waals surface area contributed by atoms with Crippen molar-refractivity contribution in [2.75, 3.05) is 7.11 Å². The zero-order valence-corrected chi connectivity index (χ0v) is 6.56. The van der Waals surface area contributed by atoms with E-state index in [0.717, 1.165) is 0 Å². The smallest absolute Gasteiger partial charge is 0.341 e. The molecule has 12 heavy (non-hydrogen) atoms. The van der Waals surface area contributed by atoms with Crippen LogP contribution in [0.4, 0.5) is 0 Å². The summed E-state index contributed by atoms with van der Waals surface area (Å²) in [4.78, 5) is 20.9. The molecule has 1 aromatic rings. The summed E-state index contributed by atoms with van der Waals surface area (Å²) < 4.78 is 5.81. The first-order valence-corrected chi connectivity index (χ1v) is 3.32. The number of aromatic nitrogens is 2. The van der Waals surface area contributed by atoms with Gasteiger partial charge in [0.1, 0.15) is 6.29 Å². The summed E-state index contributed by atoms with van der Waals surface area (Å²) >= 11 is 0. The average molecular weight is 168 g/mol. The molecule has 0 aliphatic heterocycles. The van der Waals surface area contributed by atoms with Crippen molar-refractivity contribution >= 4 is 12.3 Å². The molecule has 0 atom stereocenters. The van der Waals surface area contributed by atoms with Crippen molar-refractivity contribution in [1.82, 2.24) is 9.78 Å². The van der Waals surface area contributed by atoms with E-state index in [1.807, 2.05) is 0 Å². The molecule has 0 spiro atoms. The molecule has 0 N–H and O–H groups in total. The molecule has 0 fully saturated rings. The van der Waals surface area contributed by atoms with E-state index < -0.39 is 5.97 Å². The molecule has 1 heterocycles. The van der Waals surface area contributed by atoms with E-state index in [1.54, 1.807) is 0 Å². The first-order chi connectivity index (χ1) is 5.77. The van der Waals surface area contributed by atoms with Gasteiger partial charge in [0.15, 0.2) is 0 Å². The molecule has 1 aromatic heterocycles. The monoisotopic (exact) mass is 168 g/mol. The number of carbonyl (C=O) groups is 2. The number of carbonyl (C=O) groups excluding carboxylic acids is 2. The Kier molecular flexibility index (Phi) is 2.57. The Hall–Kier alpha value is -1.65. The molecule has 0 aliphatic rings. The second-order valence-electron chi connectivity index (χ2n) is 2.11. The number of ether oxygens (including phenoxy) is 1. The minimum absolute atomic E-state index is 0.150. The number of methoxy groups -OCH3 is 1. The van der Waals surface area contributed by atoms with Crippen LogP contribution in [-0.2, 0) is 16.1 Å². The van der Waals surface area contributed by atoms with Crippen LogP contribution in [0.15, 0.2) is 12.4 Å². The van der Waals surface area contributed by atoms with Gasteiger partial charge in [0, 0.05) is 6.20 Å². The predicted molar refractivity (Wildman–Crippen MR) is 39.6 cm³/mol. The Balaban J connectivity index is 2.76. The van der Waals surface area contributed by atoms with E-state index in [2.05, 4.69) is 9.84 Å². The van der Waals surface area contributed by atoms with Crippen LogP contribution < -0.4 is 0 Å². The van der Waals surface area contributed by atoms with Crippen LogP contribution >= 0.6 is 0 Å². The van der Waals surface area contributed by atoms with Gasteiger partial charge in [-0.3, -0.25) is 4.68 Å². The van der Waals surface area contributed by atoms with E-state index in [-0.39, 0.29) is 6.54 Å². The summed E-state index contributed by atoms with van der Waals surface area (Å²) in [6.45, 7) is 0.150. The highest BCUT2D eigenvalue weighted by Crippen LogP contribution is 1.98. The fourth-order valence-corrected chi connectivity index (χ4v) is 0.763. The lowest BCUT2D eigenvalue weighted by atomic mass is 10.4. The van der Waals surface area contributed by atoms with E-state index in [4.69, 9.17) is 0 Å². The van der Waals surface area contributed by atoms with Crippen molar-refractivity contribution in [3.8, 4) is 0 Å². The maximum atomic E-state index is 10.9. The van der Waals surface area contributed by atoms with E-state index >= 15 is 0 Å². The molecule has 5 heteroatoms. The lowest BCUT2D eigenvalue weighted by Crippen LogP contribution is -2.00. The van der Waals surface area contributed by atoms with Crippen LogP contribution in [0, 0.1) is 0 Å². The first kappa shape index (κ1) is 8.45. The van der Waals surface area contributed by atoms with Gasteiger partial charge in [0.05, 0.1) is 25.4 Å². The van der Waals surface area contributed by atoms with Gasteiger partial charge in [-0.25, -0.2) is 4.79 Å².